The largest absolute Gasteiger partial charge is 0.444 e. The fraction of sp³-hybridized carbons (Fsp3) is 0.483. The highest BCUT2D eigenvalue weighted by Gasteiger charge is 2.43. The van der Waals surface area contributed by atoms with Crippen LogP contribution in [0, 0.1) is 0 Å². The zero-order valence-electron chi connectivity index (χ0n) is 22.8. The van der Waals surface area contributed by atoms with Gasteiger partial charge in [0, 0.05) is 18.8 Å². The Morgan fingerprint density at radius 1 is 1.02 bits per heavy atom. The van der Waals surface area contributed by atoms with Gasteiger partial charge >= 0.3 is 12.3 Å². The van der Waals surface area contributed by atoms with E-state index >= 15 is 0 Å². The third-order valence-electron chi connectivity index (χ3n) is 6.84. The Labute approximate surface area is 236 Å². The molecule has 0 unspecified atom stereocenters. The van der Waals surface area contributed by atoms with E-state index in [0.29, 0.717) is 30.0 Å². The van der Waals surface area contributed by atoms with Crippen LogP contribution in [0.2, 0.25) is 0 Å². The number of hydrogen-bond acceptors (Lipinski definition) is 5. The van der Waals surface area contributed by atoms with Gasteiger partial charge in [-0.3, -0.25) is 14.5 Å². The van der Waals surface area contributed by atoms with E-state index in [-0.39, 0.29) is 31.4 Å². The summed E-state index contributed by atoms with van der Waals surface area (Å²) in [7, 11) is 0. The molecule has 2 aliphatic rings. The lowest BCUT2D eigenvalue weighted by atomic mass is 10.00. The van der Waals surface area contributed by atoms with Gasteiger partial charge in [0.2, 0.25) is 11.8 Å². The van der Waals surface area contributed by atoms with E-state index in [1.165, 1.54) is 27.6 Å². The number of carbonyl (C=O) groups excluding carboxylic acids is 3. The fourth-order valence-electron chi connectivity index (χ4n) is 4.89. The minimum atomic E-state index is -4.49. The molecule has 0 bridgehead atoms. The molecule has 0 aliphatic carbocycles. The first-order valence-corrected chi connectivity index (χ1v) is 14.3. The molecule has 40 heavy (non-hydrogen) atoms. The molecular weight excluding hydrogens is 543 g/mol. The van der Waals surface area contributed by atoms with Crippen molar-refractivity contribution in [1.29, 1.82) is 0 Å². The van der Waals surface area contributed by atoms with Crippen molar-refractivity contribution in [3.63, 3.8) is 0 Å². The number of piperazine rings is 1. The van der Waals surface area contributed by atoms with E-state index in [1.807, 2.05) is 30.3 Å². The van der Waals surface area contributed by atoms with Crippen LogP contribution < -0.4 is 0 Å². The molecule has 2 aromatic carbocycles. The van der Waals surface area contributed by atoms with Crippen LogP contribution >= 0.6 is 11.8 Å². The van der Waals surface area contributed by atoms with Crippen LogP contribution in [0.1, 0.15) is 43.9 Å². The van der Waals surface area contributed by atoms with Gasteiger partial charge in [-0.25, -0.2) is 4.79 Å². The summed E-state index contributed by atoms with van der Waals surface area (Å²) in [5.74, 6) is 0.0367. The summed E-state index contributed by atoms with van der Waals surface area (Å²) < 4.78 is 45.4. The second kappa shape index (κ2) is 12.1. The third kappa shape index (κ3) is 7.50. The lowest BCUT2D eigenvalue weighted by molar-refractivity contribution is -0.151. The summed E-state index contributed by atoms with van der Waals surface area (Å²) in [4.78, 5) is 44.3. The first-order chi connectivity index (χ1) is 18.8. The van der Waals surface area contributed by atoms with Crippen LogP contribution in [0.5, 0.6) is 0 Å². The van der Waals surface area contributed by atoms with Crippen molar-refractivity contribution >= 4 is 29.7 Å². The number of nitrogens with zero attached hydrogens (tertiary/aromatic N) is 3. The van der Waals surface area contributed by atoms with E-state index < -0.39 is 35.5 Å². The van der Waals surface area contributed by atoms with Crippen molar-refractivity contribution in [3.05, 3.63) is 71.3 Å². The molecule has 0 N–H and O–H groups in total. The third-order valence-corrected chi connectivity index (χ3v) is 7.85. The topological polar surface area (TPSA) is 70.2 Å². The van der Waals surface area contributed by atoms with Crippen molar-refractivity contribution in [2.75, 3.05) is 24.7 Å². The SMILES string of the molecule is CC(C)(C)OC(=O)N1CSC[C@H]1C(=O)N1CC(=O)N(Cc2cccc(C(F)(F)F)c2)[C@@H](CCc2ccccc2)C1. The lowest BCUT2D eigenvalue weighted by Gasteiger charge is -2.42. The van der Waals surface area contributed by atoms with Crippen LogP contribution in [0.25, 0.3) is 0 Å². The predicted molar refractivity (Wildman–Crippen MR) is 146 cm³/mol. The molecule has 0 aromatic heterocycles. The zero-order chi connectivity index (χ0) is 29.1. The molecule has 2 aliphatic heterocycles. The maximum Gasteiger partial charge on any atom is 0.416 e. The first-order valence-electron chi connectivity index (χ1n) is 13.2. The number of benzene rings is 2. The second-order valence-electron chi connectivity index (χ2n) is 11.1. The summed E-state index contributed by atoms with van der Waals surface area (Å²) in [5.41, 5.74) is -0.0596. The van der Waals surface area contributed by atoms with Crippen LogP contribution in [-0.4, -0.2) is 75.0 Å². The monoisotopic (exact) mass is 577 g/mol. The maximum absolute atomic E-state index is 13.6. The minimum Gasteiger partial charge on any atom is -0.444 e. The van der Waals surface area contributed by atoms with Crippen molar-refractivity contribution < 1.29 is 32.3 Å². The molecule has 0 saturated carbocycles. The second-order valence-corrected chi connectivity index (χ2v) is 12.1. The average molecular weight is 578 g/mol. The highest BCUT2D eigenvalue weighted by molar-refractivity contribution is 7.99. The van der Waals surface area contributed by atoms with Gasteiger partial charge < -0.3 is 14.5 Å². The normalized spacial score (nSPS) is 20.1. The molecule has 7 nitrogen and oxygen atoms in total. The van der Waals surface area contributed by atoms with Crippen molar-refractivity contribution in [2.24, 2.45) is 0 Å². The molecule has 3 amide bonds. The Morgan fingerprint density at radius 2 is 1.73 bits per heavy atom. The van der Waals surface area contributed by atoms with Crippen LogP contribution in [-0.2, 0) is 33.5 Å². The van der Waals surface area contributed by atoms with E-state index in [0.717, 1.165) is 17.7 Å². The van der Waals surface area contributed by atoms with Gasteiger partial charge in [-0.15, -0.1) is 11.8 Å². The van der Waals surface area contributed by atoms with Crippen molar-refractivity contribution in [2.45, 2.75) is 64.0 Å². The van der Waals surface area contributed by atoms with Gasteiger partial charge in [0.05, 0.1) is 24.0 Å². The molecule has 4 rings (SSSR count). The average Bonchev–Trinajstić information content (AvgIpc) is 3.38. The number of carbonyl (C=O) groups is 3. The minimum absolute atomic E-state index is 0.00749. The van der Waals surface area contributed by atoms with Crippen LogP contribution in [0.15, 0.2) is 54.6 Å². The molecule has 0 radical (unpaired) electrons. The summed E-state index contributed by atoms with van der Waals surface area (Å²) in [6.45, 7) is 5.29. The van der Waals surface area contributed by atoms with Crippen LogP contribution in [0.3, 0.4) is 0 Å². The molecule has 0 spiro atoms. The quantitative estimate of drug-likeness (QED) is 0.473. The first kappa shape index (κ1) is 29.8. The van der Waals surface area contributed by atoms with E-state index in [9.17, 15) is 27.6 Å². The number of ether oxygens (including phenoxy) is 1. The Morgan fingerprint density at radius 3 is 2.40 bits per heavy atom. The van der Waals surface area contributed by atoms with Gasteiger partial charge in [-0.2, -0.15) is 13.2 Å². The number of rotatable bonds is 6. The summed E-state index contributed by atoms with van der Waals surface area (Å²) >= 11 is 1.44. The summed E-state index contributed by atoms with van der Waals surface area (Å²) in [6, 6.07) is 13.5. The molecule has 216 valence electrons. The number of alkyl halides is 3. The van der Waals surface area contributed by atoms with Crippen LogP contribution in [0.4, 0.5) is 18.0 Å². The summed E-state index contributed by atoms with van der Waals surface area (Å²) in [5, 5.41) is 0. The molecule has 2 aromatic rings. The number of hydrogen-bond donors (Lipinski definition) is 0. The number of amides is 3. The highest BCUT2D eigenvalue weighted by atomic mass is 32.2. The van der Waals surface area contributed by atoms with Gasteiger partial charge in [-0.05, 0) is 56.9 Å². The molecule has 11 heteroatoms. The Balaban J connectivity index is 1.53. The fourth-order valence-corrected chi connectivity index (χ4v) is 6.02. The number of thioether (sulfide) groups is 1. The Kier molecular flexibility index (Phi) is 9.02. The van der Waals surface area contributed by atoms with Crippen molar-refractivity contribution in [1.82, 2.24) is 14.7 Å². The molecule has 2 saturated heterocycles. The molecule has 2 atom stereocenters. The number of aryl methyl sites for hydroxylation is 1. The number of halogens is 3. The van der Waals surface area contributed by atoms with E-state index in [1.54, 1.807) is 31.7 Å². The Bertz CT molecular complexity index is 1220. The van der Waals surface area contributed by atoms with Gasteiger partial charge in [0.25, 0.3) is 0 Å². The standard InChI is InChI=1S/C29H34F3N3O4S/c1-28(2,3)39-27(38)35-19-40-18-24(35)26(37)33-16-23(13-12-20-8-5-4-6-9-20)34(25(36)17-33)15-21-10-7-11-22(14-21)29(30,31)32/h4-11,14,23-24H,12-13,15-19H2,1-3H3/t23-,24-/m0/s1. The van der Waals surface area contributed by atoms with E-state index in [4.69, 9.17) is 4.74 Å². The molecule has 2 fully saturated rings. The smallest absolute Gasteiger partial charge is 0.416 e. The van der Waals surface area contributed by atoms with Gasteiger partial charge in [0.1, 0.15) is 11.6 Å². The molecule has 2 heterocycles. The van der Waals surface area contributed by atoms with E-state index in [2.05, 4.69) is 0 Å². The Hall–Kier alpha value is -3.21. The summed E-state index contributed by atoms with van der Waals surface area (Å²) in [6.07, 6.45) is -3.92. The highest BCUT2D eigenvalue weighted by Crippen LogP contribution is 2.31. The lowest BCUT2D eigenvalue weighted by Crippen LogP contribution is -2.60. The molecular formula is C29H34F3N3O4S. The van der Waals surface area contributed by atoms with Gasteiger partial charge in [-0.1, -0.05) is 42.5 Å². The van der Waals surface area contributed by atoms with Gasteiger partial charge in [0.15, 0.2) is 0 Å². The maximum atomic E-state index is 13.6. The predicted octanol–water partition coefficient (Wildman–Crippen LogP) is 5.19. The van der Waals surface area contributed by atoms with Crippen molar-refractivity contribution in [3.8, 4) is 0 Å². The zero-order valence-corrected chi connectivity index (χ0v) is 23.6.